The van der Waals surface area contributed by atoms with Gasteiger partial charge in [0.2, 0.25) is 0 Å². The molecule has 0 bridgehead atoms. The van der Waals surface area contributed by atoms with Crippen molar-refractivity contribution in [3.05, 3.63) is 0 Å². The van der Waals surface area contributed by atoms with E-state index in [1.54, 1.807) is 11.8 Å². The zero-order valence-electron chi connectivity index (χ0n) is 10.6. The van der Waals surface area contributed by atoms with Crippen LogP contribution in [0.15, 0.2) is 0 Å². The molecular weight excluding hydrogens is 206 g/mol. The molecule has 1 heterocycles. The van der Waals surface area contributed by atoms with Gasteiger partial charge in [-0.2, -0.15) is 0 Å². The summed E-state index contributed by atoms with van der Waals surface area (Å²) in [6.45, 7) is 8.69. The summed E-state index contributed by atoms with van der Waals surface area (Å²) in [4.78, 5) is 13.9. The van der Waals surface area contributed by atoms with E-state index < -0.39 is 6.10 Å². The fraction of sp³-hybridized carbons (Fsp3) is 0.917. The number of carbonyl (C=O) groups is 1. The highest BCUT2D eigenvalue weighted by molar-refractivity contribution is 5.81. The van der Waals surface area contributed by atoms with Crippen LogP contribution in [0, 0.1) is 5.92 Å². The Morgan fingerprint density at radius 1 is 1.50 bits per heavy atom. The van der Waals surface area contributed by atoms with E-state index in [4.69, 9.17) is 4.74 Å². The van der Waals surface area contributed by atoms with Crippen molar-refractivity contribution in [3.8, 4) is 0 Å². The maximum atomic E-state index is 12.2. The molecule has 94 valence electrons. The first kappa shape index (κ1) is 13.5. The van der Waals surface area contributed by atoms with Gasteiger partial charge in [0.25, 0.3) is 5.91 Å². The van der Waals surface area contributed by atoms with Crippen LogP contribution >= 0.6 is 0 Å². The number of amides is 1. The molecule has 0 aromatic rings. The summed E-state index contributed by atoms with van der Waals surface area (Å²) in [5.41, 5.74) is 0. The lowest BCUT2D eigenvalue weighted by atomic mass is 10.0. The van der Waals surface area contributed by atoms with Gasteiger partial charge in [0.05, 0.1) is 6.10 Å². The van der Waals surface area contributed by atoms with Crippen LogP contribution in [-0.2, 0) is 9.53 Å². The summed E-state index contributed by atoms with van der Waals surface area (Å²) in [6.07, 6.45) is 0.126. The summed E-state index contributed by atoms with van der Waals surface area (Å²) < 4.78 is 5.47. The van der Waals surface area contributed by atoms with Crippen LogP contribution in [0.4, 0.5) is 0 Å². The van der Waals surface area contributed by atoms with Gasteiger partial charge < -0.3 is 14.7 Å². The molecule has 0 radical (unpaired) electrons. The molecule has 1 aliphatic heterocycles. The van der Waals surface area contributed by atoms with E-state index >= 15 is 0 Å². The van der Waals surface area contributed by atoms with Crippen LogP contribution in [0.5, 0.6) is 0 Å². The normalized spacial score (nSPS) is 27.1. The molecule has 0 spiro atoms. The fourth-order valence-corrected chi connectivity index (χ4v) is 2.01. The highest BCUT2D eigenvalue weighted by atomic mass is 16.5. The Kier molecular flexibility index (Phi) is 4.74. The van der Waals surface area contributed by atoms with Gasteiger partial charge in [0.1, 0.15) is 6.10 Å². The van der Waals surface area contributed by atoms with Crippen molar-refractivity contribution in [2.24, 2.45) is 5.92 Å². The number of carbonyl (C=O) groups excluding carboxylic acids is 1. The third-order valence-electron chi connectivity index (χ3n) is 3.00. The number of hydrogen-bond donors (Lipinski definition) is 1. The predicted octanol–water partition coefficient (Wildman–Crippen LogP) is 1.03. The molecule has 4 nitrogen and oxygen atoms in total. The topological polar surface area (TPSA) is 49.8 Å². The second kappa shape index (κ2) is 5.64. The molecule has 0 aliphatic carbocycles. The van der Waals surface area contributed by atoms with Crippen LogP contribution in [0.3, 0.4) is 0 Å². The van der Waals surface area contributed by atoms with Gasteiger partial charge in [-0.25, -0.2) is 0 Å². The third kappa shape index (κ3) is 3.19. The van der Waals surface area contributed by atoms with E-state index in [0.29, 0.717) is 13.2 Å². The fourth-order valence-electron chi connectivity index (χ4n) is 2.01. The van der Waals surface area contributed by atoms with E-state index in [1.165, 1.54) is 0 Å². The summed E-state index contributed by atoms with van der Waals surface area (Å²) >= 11 is 0. The Hall–Kier alpha value is -0.610. The van der Waals surface area contributed by atoms with E-state index in [1.807, 2.05) is 20.8 Å². The molecule has 1 amide bonds. The molecule has 3 atom stereocenters. The van der Waals surface area contributed by atoms with Gasteiger partial charge in [-0.3, -0.25) is 4.79 Å². The first-order valence-corrected chi connectivity index (χ1v) is 6.03. The van der Waals surface area contributed by atoms with Crippen molar-refractivity contribution in [2.75, 3.05) is 13.2 Å². The lowest BCUT2D eigenvalue weighted by Crippen LogP contribution is -2.47. The summed E-state index contributed by atoms with van der Waals surface area (Å²) in [5, 5.41) is 9.39. The molecule has 3 unspecified atom stereocenters. The number of aliphatic hydroxyl groups is 1. The zero-order valence-corrected chi connectivity index (χ0v) is 10.6. The molecule has 1 rings (SSSR count). The predicted molar refractivity (Wildman–Crippen MR) is 62.1 cm³/mol. The van der Waals surface area contributed by atoms with Crippen LogP contribution in [0.2, 0.25) is 0 Å². The second-order valence-corrected chi connectivity index (χ2v) is 4.99. The summed E-state index contributed by atoms with van der Waals surface area (Å²) in [5.74, 6) is 0.295. The van der Waals surface area contributed by atoms with Gasteiger partial charge in [0.15, 0.2) is 0 Å². The van der Waals surface area contributed by atoms with Crippen molar-refractivity contribution < 1.29 is 14.6 Å². The number of aliphatic hydroxyl groups excluding tert-OH is 1. The van der Waals surface area contributed by atoms with Crippen LogP contribution in [-0.4, -0.2) is 47.3 Å². The Morgan fingerprint density at radius 3 is 2.50 bits per heavy atom. The van der Waals surface area contributed by atoms with Gasteiger partial charge in [-0.05, 0) is 33.1 Å². The van der Waals surface area contributed by atoms with Crippen molar-refractivity contribution >= 4 is 5.91 Å². The number of rotatable bonds is 4. The van der Waals surface area contributed by atoms with E-state index in [-0.39, 0.29) is 24.0 Å². The molecule has 0 saturated carbocycles. The molecule has 1 fully saturated rings. The lowest BCUT2D eigenvalue weighted by Gasteiger charge is -2.31. The molecule has 1 aliphatic rings. The first-order valence-electron chi connectivity index (χ1n) is 6.03. The molecule has 1 saturated heterocycles. The van der Waals surface area contributed by atoms with Crippen molar-refractivity contribution in [3.63, 3.8) is 0 Å². The Balaban J connectivity index is 2.66. The zero-order chi connectivity index (χ0) is 12.3. The van der Waals surface area contributed by atoms with Gasteiger partial charge in [0, 0.05) is 19.2 Å². The largest absolute Gasteiger partial charge is 0.392 e. The maximum Gasteiger partial charge on any atom is 0.252 e. The van der Waals surface area contributed by atoms with E-state index in [9.17, 15) is 9.90 Å². The average molecular weight is 229 g/mol. The summed E-state index contributed by atoms with van der Waals surface area (Å²) in [6, 6.07) is 0.0958. The average Bonchev–Trinajstić information content (AvgIpc) is 2.59. The van der Waals surface area contributed by atoms with E-state index in [2.05, 4.69) is 0 Å². The number of hydrogen-bond acceptors (Lipinski definition) is 3. The highest BCUT2D eigenvalue weighted by Gasteiger charge is 2.35. The minimum absolute atomic E-state index is 0.0147. The van der Waals surface area contributed by atoms with Gasteiger partial charge in [-0.1, -0.05) is 6.92 Å². The second-order valence-electron chi connectivity index (χ2n) is 4.99. The Morgan fingerprint density at radius 2 is 2.12 bits per heavy atom. The highest BCUT2D eigenvalue weighted by Crippen LogP contribution is 2.22. The SMILES string of the molecule is CC(O)CN(C(=O)C1OCCC1C)C(C)C. The molecule has 1 N–H and O–H groups in total. The van der Waals surface area contributed by atoms with Crippen molar-refractivity contribution in [1.29, 1.82) is 0 Å². The van der Waals surface area contributed by atoms with Gasteiger partial charge >= 0.3 is 0 Å². The third-order valence-corrected chi connectivity index (χ3v) is 3.00. The van der Waals surface area contributed by atoms with Crippen molar-refractivity contribution in [2.45, 2.75) is 52.4 Å². The van der Waals surface area contributed by atoms with Crippen LogP contribution in [0.25, 0.3) is 0 Å². The monoisotopic (exact) mass is 229 g/mol. The molecular formula is C12H23NO3. The Bertz CT molecular complexity index is 240. The minimum Gasteiger partial charge on any atom is -0.392 e. The number of ether oxygens (including phenoxy) is 1. The first-order chi connectivity index (χ1) is 7.43. The molecule has 0 aromatic heterocycles. The van der Waals surface area contributed by atoms with Crippen LogP contribution < -0.4 is 0 Å². The van der Waals surface area contributed by atoms with E-state index in [0.717, 1.165) is 6.42 Å². The van der Waals surface area contributed by atoms with Crippen LogP contribution in [0.1, 0.15) is 34.1 Å². The number of nitrogens with zero attached hydrogens (tertiary/aromatic N) is 1. The standard InChI is InChI=1S/C12H23NO3/c1-8(2)13(7-10(4)14)12(15)11-9(3)5-6-16-11/h8-11,14H,5-7H2,1-4H3. The molecule has 16 heavy (non-hydrogen) atoms. The van der Waals surface area contributed by atoms with Gasteiger partial charge in [-0.15, -0.1) is 0 Å². The Labute approximate surface area is 97.6 Å². The molecule has 0 aromatic carbocycles. The lowest BCUT2D eigenvalue weighted by molar-refractivity contribution is -0.145. The quantitative estimate of drug-likeness (QED) is 0.783. The molecule has 4 heteroatoms. The summed E-state index contributed by atoms with van der Waals surface area (Å²) in [7, 11) is 0. The van der Waals surface area contributed by atoms with Crippen molar-refractivity contribution in [1.82, 2.24) is 4.90 Å². The smallest absolute Gasteiger partial charge is 0.252 e. The minimum atomic E-state index is -0.497. The maximum absolute atomic E-state index is 12.2.